The molecule has 0 radical (unpaired) electrons. The van der Waals surface area contributed by atoms with Gasteiger partial charge in [0.25, 0.3) is 5.91 Å². The highest BCUT2D eigenvalue weighted by Gasteiger charge is 2.55. The molecule has 1 aromatic rings. The summed E-state index contributed by atoms with van der Waals surface area (Å²) >= 11 is 1.18. The number of fused-ring (bicyclic) bond motifs is 1. The Labute approximate surface area is 189 Å². The first-order chi connectivity index (χ1) is 14.9. The number of carbonyl (C=O) groups is 5. The van der Waals surface area contributed by atoms with E-state index in [1.165, 1.54) is 18.7 Å². The van der Waals surface area contributed by atoms with Crippen molar-refractivity contribution >= 4 is 41.3 Å². The van der Waals surface area contributed by atoms with Crippen molar-refractivity contribution in [2.24, 2.45) is 0 Å². The van der Waals surface area contributed by atoms with Crippen LogP contribution in [0.5, 0.6) is 0 Å². The van der Waals surface area contributed by atoms with Crippen molar-refractivity contribution in [2.45, 2.75) is 50.6 Å². The number of hydrogen-bond donors (Lipinski definition) is 2. The number of benzene rings is 1. The lowest BCUT2D eigenvalue weighted by Crippen LogP contribution is -2.71. The second-order valence-electron chi connectivity index (χ2n) is 8.46. The van der Waals surface area contributed by atoms with Crippen LogP contribution in [-0.2, 0) is 28.7 Å². The van der Waals surface area contributed by atoms with Crippen LogP contribution in [0.3, 0.4) is 0 Å². The summed E-state index contributed by atoms with van der Waals surface area (Å²) in [5, 5.41) is 11.4. The molecule has 2 amide bonds. The van der Waals surface area contributed by atoms with Crippen LogP contribution in [0.4, 0.5) is 0 Å². The molecule has 2 unspecified atom stereocenters. The van der Waals surface area contributed by atoms with Crippen molar-refractivity contribution in [1.82, 2.24) is 10.2 Å². The van der Waals surface area contributed by atoms with Gasteiger partial charge >= 0.3 is 11.9 Å². The highest BCUT2D eigenvalue weighted by molar-refractivity contribution is 8.00. The van der Waals surface area contributed by atoms with Crippen molar-refractivity contribution in [3.63, 3.8) is 0 Å². The van der Waals surface area contributed by atoms with Gasteiger partial charge in [-0.15, -0.1) is 11.8 Å². The number of carboxylic acids is 1. The minimum Gasteiger partial charge on any atom is -0.477 e. The summed E-state index contributed by atoms with van der Waals surface area (Å²) in [6.45, 7) is 6.30. The van der Waals surface area contributed by atoms with E-state index in [9.17, 15) is 29.1 Å². The van der Waals surface area contributed by atoms with Gasteiger partial charge in [0.1, 0.15) is 22.7 Å². The van der Waals surface area contributed by atoms with Crippen LogP contribution in [0.1, 0.15) is 39.2 Å². The average Bonchev–Trinajstić information content (AvgIpc) is 2.70. The molecule has 32 heavy (non-hydrogen) atoms. The van der Waals surface area contributed by atoms with E-state index in [0.29, 0.717) is 5.56 Å². The molecule has 2 N–H and O–H groups in total. The number of thioether (sulfide) groups is 1. The van der Waals surface area contributed by atoms with E-state index >= 15 is 0 Å². The van der Waals surface area contributed by atoms with Crippen LogP contribution in [0, 0.1) is 0 Å². The first-order valence-corrected chi connectivity index (χ1v) is 11.0. The highest BCUT2D eigenvalue weighted by Crippen LogP contribution is 2.40. The lowest BCUT2D eigenvalue weighted by atomic mass is 9.96. The summed E-state index contributed by atoms with van der Waals surface area (Å²) < 4.78 is 5.41. The number of esters is 1. The van der Waals surface area contributed by atoms with Crippen molar-refractivity contribution < 1.29 is 33.8 Å². The standard InChI is InChI=1S/C22H24N2O7S/c1-11(25)13-10-32-19-15(18(27)24(19)16(13)20(28)29)23-17(26)14(12-8-6-5-7-9-12)21(30)31-22(2,3)4/h5-9,14-15,19H,10H2,1-4H3,(H,23,26)(H,28,29)/t14?,15?,19-/m1/s1. The lowest BCUT2D eigenvalue weighted by molar-refractivity contribution is -0.160. The minimum atomic E-state index is -1.38. The van der Waals surface area contributed by atoms with Gasteiger partial charge in [-0.25, -0.2) is 4.79 Å². The summed E-state index contributed by atoms with van der Waals surface area (Å²) in [5.41, 5.74) is -0.725. The van der Waals surface area contributed by atoms with Crippen molar-refractivity contribution in [1.29, 1.82) is 0 Å². The monoisotopic (exact) mass is 460 g/mol. The maximum atomic E-state index is 13.1. The molecular formula is C22H24N2O7S. The van der Waals surface area contributed by atoms with Crippen LogP contribution in [0.2, 0.25) is 0 Å². The second-order valence-corrected chi connectivity index (χ2v) is 9.57. The zero-order chi connectivity index (χ0) is 23.8. The van der Waals surface area contributed by atoms with E-state index in [2.05, 4.69) is 5.32 Å². The minimum absolute atomic E-state index is 0.0489. The third-order valence-corrected chi connectivity index (χ3v) is 6.21. The van der Waals surface area contributed by atoms with E-state index in [-0.39, 0.29) is 17.0 Å². The number of Topliss-reactive ketones (excluding diaryl/α,β-unsaturated/α-hetero) is 1. The van der Waals surface area contributed by atoms with E-state index in [1.807, 2.05) is 0 Å². The van der Waals surface area contributed by atoms with Gasteiger partial charge in [0, 0.05) is 11.3 Å². The van der Waals surface area contributed by atoms with Gasteiger partial charge in [-0.3, -0.25) is 24.1 Å². The number of hydrogen-bond acceptors (Lipinski definition) is 7. The third-order valence-electron chi connectivity index (χ3n) is 4.93. The topological polar surface area (TPSA) is 130 Å². The molecule has 0 aliphatic carbocycles. The summed E-state index contributed by atoms with van der Waals surface area (Å²) in [7, 11) is 0. The van der Waals surface area contributed by atoms with Crippen molar-refractivity contribution in [3.8, 4) is 0 Å². The molecule has 2 aliphatic heterocycles. The first kappa shape index (κ1) is 23.5. The van der Waals surface area contributed by atoms with Crippen LogP contribution in [0.25, 0.3) is 0 Å². The maximum absolute atomic E-state index is 13.1. The molecule has 1 fully saturated rings. The molecule has 0 spiro atoms. The van der Waals surface area contributed by atoms with Gasteiger partial charge in [-0.1, -0.05) is 30.3 Å². The molecule has 2 heterocycles. The predicted octanol–water partition coefficient (Wildman–Crippen LogP) is 1.44. The number of amides is 2. The zero-order valence-corrected chi connectivity index (χ0v) is 18.9. The Kier molecular flexibility index (Phi) is 6.45. The number of ether oxygens (including phenoxy) is 1. The zero-order valence-electron chi connectivity index (χ0n) is 18.1. The van der Waals surface area contributed by atoms with Gasteiger partial charge in [0.2, 0.25) is 5.91 Å². The summed E-state index contributed by atoms with van der Waals surface area (Å²) in [5.74, 6) is -5.13. The Bertz CT molecular complexity index is 1010. The molecule has 1 aromatic carbocycles. The molecule has 3 rings (SSSR count). The van der Waals surface area contributed by atoms with Gasteiger partial charge < -0.3 is 15.2 Å². The molecule has 1 saturated heterocycles. The van der Waals surface area contributed by atoms with Crippen LogP contribution in [0.15, 0.2) is 41.6 Å². The molecule has 0 bridgehead atoms. The molecule has 0 saturated carbocycles. The third kappa shape index (κ3) is 4.55. The molecule has 10 heteroatoms. The van der Waals surface area contributed by atoms with Crippen LogP contribution in [-0.4, -0.2) is 62.3 Å². The molecule has 2 aliphatic rings. The maximum Gasteiger partial charge on any atom is 0.353 e. The largest absolute Gasteiger partial charge is 0.477 e. The van der Waals surface area contributed by atoms with E-state index < -0.39 is 52.5 Å². The van der Waals surface area contributed by atoms with Crippen molar-refractivity contribution in [2.75, 3.05) is 5.75 Å². The number of ketones is 1. The summed E-state index contributed by atoms with van der Waals surface area (Å²) in [6.07, 6.45) is 0. The lowest BCUT2D eigenvalue weighted by Gasteiger charge is -2.49. The fourth-order valence-corrected chi connectivity index (χ4v) is 4.94. The second kappa shape index (κ2) is 8.78. The number of β-lactam (4-membered cyclic amide) rings is 1. The number of aliphatic carboxylic acids is 1. The van der Waals surface area contributed by atoms with Gasteiger partial charge in [-0.2, -0.15) is 0 Å². The summed E-state index contributed by atoms with van der Waals surface area (Å²) in [6, 6.07) is 7.31. The average molecular weight is 461 g/mol. The van der Waals surface area contributed by atoms with E-state index in [1.54, 1.807) is 51.1 Å². The van der Waals surface area contributed by atoms with Gasteiger partial charge in [0.05, 0.1) is 0 Å². The molecule has 0 aromatic heterocycles. The normalized spacial score (nSPS) is 21.2. The molecular weight excluding hydrogens is 436 g/mol. The number of nitrogens with one attached hydrogen (secondary N) is 1. The van der Waals surface area contributed by atoms with Crippen molar-refractivity contribution in [3.05, 3.63) is 47.2 Å². The Morgan fingerprint density at radius 1 is 1.19 bits per heavy atom. The fraction of sp³-hybridized carbons (Fsp3) is 0.409. The van der Waals surface area contributed by atoms with E-state index in [0.717, 1.165) is 4.90 Å². The van der Waals surface area contributed by atoms with E-state index in [4.69, 9.17) is 4.74 Å². The first-order valence-electron chi connectivity index (χ1n) is 9.92. The Hall–Kier alpha value is -3.14. The number of carbonyl (C=O) groups excluding carboxylic acids is 4. The quantitative estimate of drug-likeness (QED) is 0.371. The fourth-order valence-electron chi connectivity index (χ4n) is 3.53. The number of rotatable bonds is 6. The molecule has 9 nitrogen and oxygen atoms in total. The Balaban J connectivity index is 1.84. The number of carboxylic acid groups (broad SMARTS) is 1. The molecule has 3 atom stereocenters. The van der Waals surface area contributed by atoms with Crippen LogP contribution >= 0.6 is 11.8 Å². The summed E-state index contributed by atoms with van der Waals surface area (Å²) in [4.78, 5) is 63.2. The highest BCUT2D eigenvalue weighted by atomic mass is 32.2. The SMILES string of the molecule is CC(=O)C1=C(C(=O)O)N2C(=O)C(NC(=O)C(C(=O)OC(C)(C)C)c3ccccc3)[C@H]2SC1. The predicted molar refractivity (Wildman–Crippen MR) is 115 cm³/mol. The van der Waals surface area contributed by atoms with Gasteiger partial charge in [-0.05, 0) is 33.3 Å². The molecule has 170 valence electrons. The number of nitrogens with zero attached hydrogens (tertiary/aromatic N) is 1. The Morgan fingerprint density at radius 2 is 1.81 bits per heavy atom. The van der Waals surface area contributed by atoms with Crippen LogP contribution < -0.4 is 5.32 Å². The van der Waals surface area contributed by atoms with Gasteiger partial charge in [0.15, 0.2) is 11.7 Å². The Morgan fingerprint density at radius 3 is 2.34 bits per heavy atom. The smallest absolute Gasteiger partial charge is 0.353 e.